The molecule has 2 aliphatic rings. The highest BCUT2D eigenvalue weighted by molar-refractivity contribution is 8.00. The fourth-order valence-corrected chi connectivity index (χ4v) is 8.32. The first kappa shape index (κ1) is 27.2. The van der Waals surface area contributed by atoms with Crippen LogP contribution < -0.4 is 20.2 Å². The predicted molar refractivity (Wildman–Crippen MR) is 152 cm³/mol. The van der Waals surface area contributed by atoms with E-state index in [4.69, 9.17) is 9.56 Å². The van der Waals surface area contributed by atoms with E-state index in [-0.39, 0.29) is 17.3 Å². The van der Waals surface area contributed by atoms with Gasteiger partial charge in [0.05, 0.1) is 38.6 Å². The summed E-state index contributed by atoms with van der Waals surface area (Å²) in [6, 6.07) is 15.8. The van der Waals surface area contributed by atoms with Crippen molar-refractivity contribution in [2.24, 2.45) is 11.1 Å². The first-order valence-electron chi connectivity index (χ1n) is 12.3. The Morgan fingerprint density at radius 1 is 1.02 bits per heavy atom. The average molecular weight is 611 g/mol. The number of fused-ring (bicyclic) bond motifs is 2. The number of hydrogen-bond acceptors (Lipinski definition) is 9. The molecule has 0 saturated carbocycles. The van der Waals surface area contributed by atoms with Gasteiger partial charge in [0, 0.05) is 5.69 Å². The van der Waals surface area contributed by atoms with Crippen LogP contribution in [0, 0.1) is 12.8 Å². The van der Waals surface area contributed by atoms with E-state index < -0.39 is 43.8 Å². The van der Waals surface area contributed by atoms with E-state index >= 15 is 0 Å². The number of carbonyl (C=O) groups excluding carboxylic acids is 3. The van der Waals surface area contributed by atoms with E-state index in [1.807, 2.05) is 19.1 Å². The number of nitrogens with one attached hydrogen (secondary N) is 1. The third kappa shape index (κ3) is 4.82. The lowest BCUT2D eigenvalue weighted by molar-refractivity contribution is -0.122. The third-order valence-corrected chi connectivity index (χ3v) is 10.5. The Labute approximate surface area is 242 Å². The van der Waals surface area contributed by atoms with Crippen molar-refractivity contribution in [1.29, 1.82) is 0 Å². The molecule has 1 fully saturated rings. The standard InChI is InChI=1S/C27H22N4O7S3/c1-14-4-8-16(9-5-14)31-24(33)21-20(18-3-2-12-38-18)23-26(39-22(21)25(31)34)30(27(35)40-23)13-19(32)29-15-6-10-17(11-7-15)41(28,36)37/h2-12,20-22H,13H2,1H3,(H,29,32)(H2,28,36,37)/t20-,21?,22?/m1/s1. The van der Waals surface area contributed by atoms with Crippen molar-refractivity contribution in [2.75, 3.05) is 10.2 Å². The van der Waals surface area contributed by atoms with Gasteiger partial charge in [-0.15, -0.1) is 0 Å². The number of benzene rings is 2. The first-order valence-corrected chi connectivity index (χ1v) is 15.6. The second-order valence-corrected chi connectivity index (χ2v) is 13.3. The van der Waals surface area contributed by atoms with Crippen LogP contribution in [0.5, 0.6) is 0 Å². The predicted octanol–water partition coefficient (Wildman–Crippen LogP) is 2.89. The molecule has 210 valence electrons. The van der Waals surface area contributed by atoms with Gasteiger partial charge in [-0.05, 0) is 55.5 Å². The van der Waals surface area contributed by atoms with Crippen molar-refractivity contribution >= 4 is 62.2 Å². The van der Waals surface area contributed by atoms with Gasteiger partial charge in [-0.3, -0.25) is 23.7 Å². The number of hydrogen-bond donors (Lipinski definition) is 2. The maximum Gasteiger partial charge on any atom is 0.308 e. The second kappa shape index (κ2) is 10.1. The van der Waals surface area contributed by atoms with Crippen molar-refractivity contribution in [3.63, 3.8) is 0 Å². The highest BCUT2D eigenvalue weighted by Gasteiger charge is 2.57. The van der Waals surface area contributed by atoms with Gasteiger partial charge >= 0.3 is 4.87 Å². The molecule has 0 aliphatic carbocycles. The van der Waals surface area contributed by atoms with Crippen LogP contribution in [0.1, 0.15) is 22.1 Å². The Balaban J connectivity index is 1.33. The van der Waals surface area contributed by atoms with E-state index in [1.165, 1.54) is 40.0 Å². The minimum atomic E-state index is -3.89. The minimum Gasteiger partial charge on any atom is -0.469 e. The zero-order valence-electron chi connectivity index (χ0n) is 21.3. The summed E-state index contributed by atoms with van der Waals surface area (Å²) < 4.78 is 30.0. The molecule has 1 saturated heterocycles. The molecule has 6 rings (SSSR count). The summed E-state index contributed by atoms with van der Waals surface area (Å²) in [4.78, 5) is 54.8. The Kier molecular flexibility index (Phi) is 6.72. The number of nitrogens with zero attached hydrogens (tertiary/aromatic N) is 2. The van der Waals surface area contributed by atoms with Crippen molar-refractivity contribution in [1.82, 2.24) is 4.57 Å². The molecule has 2 aromatic carbocycles. The maximum absolute atomic E-state index is 13.8. The molecule has 2 aliphatic heterocycles. The maximum atomic E-state index is 13.8. The summed E-state index contributed by atoms with van der Waals surface area (Å²) >= 11 is 2.01. The molecule has 3 amide bonds. The van der Waals surface area contributed by atoms with Crippen LogP contribution >= 0.6 is 23.1 Å². The molecular weight excluding hydrogens is 589 g/mol. The number of thiazole rings is 1. The van der Waals surface area contributed by atoms with Crippen molar-refractivity contribution < 1.29 is 27.2 Å². The fraction of sp³-hybridized carbons (Fsp3) is 0.185. The number of sulfonamides is 1. The number of aromatic nitrogens is 1. The molecule has 11 nitrogen and oxygen atoms in total. The Bertz CT molecular complexity index is 1840. The molecule has 3 atom stereocenters. The van der Waals surface area contributed by atoms with Gasteiger partial charge in [0.15, 0.2) is 0 Å². The zero-order valence-corrected chi connectivity index (χ0v) is 23.8. The monoisotopic (exact) mass is 610 g/mol. The van der Waals surface area contributed by atoms with E-state index in [2.05, 4.69) is 5.32 Å². The molecule has 4 heterocycles. The topological polar surface area (TPSA) is 162 Å². The number of aryl methyl sites for hydroxylation is 1. The highest BCUT2D eigenvalue weighted by Crippen LogP contribution is 2.53. The van der Waals surface area contributed by atoms with Gasteiger partial charge in [-0.2, -0.15) is 0 Å². The second-order valence-electron chi connectivity index (χ2n) is 9.65. The lowest BCUT2D eigenvalue weighted by Gasteiger charge is -2.29. The van der Waals surface area contributed by atoms with E-state index in [1.54, 1.807) is 24.3 Å². The van der Waals surface area contributed by atoms with Crippen LogP contribution in [0.25, 0.3) is 0 Å². The summed E-state index contributed by atoms with van der Waals surface area (Å²) in [5, 5.41) is 7.35. The molecule has 2 unspecified atom stereocenters. The van der Waals surface area contributed by atoms with Crippen molar-refractivity contribution in [2.45, 2.75) is 34.6 Å². The van der Waals surface area contributed by atoms with Gasteiger partial charge in [-0.25, -0.2) is 18.5 Å². The number of amides is 3. The molecule has 41 heavy (non-hydrogen) atoms. The van der Waals surface area contributed by atoms with Gasteiger partial charge in [-0.1, -0.05) is 40.8 Å². The van der Waals surface area contributed by atoms with Crippen LogP contribution in [0.15, 0.2) is 86.1 Å². The van der Waals surface area contributed by atoms with Gasteiger partial charge in [0.25, 0.3) is 0 Å². The molecule has 0 spiro atoms. The molecule has 4 aromatic rings. The number of furan rings is 1. The molecular formula is C27H22N4O7S3. The van der Waals surface area contributed by atoms with Gasteiger partial charge in [0.2, 0.25) is 27.7 Å². The van der Waals surface area contributed by atoms with Crippen LogP contribution in [0.3, 0.4) is 0 Å². The van der Waals surface area contributed by atoms with Crippen LogP contribution in [-0.2, 0) is 31.0 Å². The average Bonchev–Trinajstić information content (AvgIpc) is 3.62. The Morgan fingerprint density at radius 2 is 1.73 bits per heavy atom. The van der Waals surface area contributed by atoms with Crippen molar-refractivity contribution in [3.05, 3.63) is 92.8 Å². The number of thioether (sulfide) groups is 1. The summed E-state index contributed by atoms with van der Waals surface area (Å²) in [7, 11) is -3.89. The van der Waals surface area contributed by atoms with Crippen molar-refractivity contribution in [3.8, 4) is 0 Å². The lowest BCUT2D eigenvalue weighted by Crippen LogP contribution is -2.32. The normalized spacial score (nSPS) is 20.1. The molecule has 2 aromatic heterocycles. The summed E-state index contributed by atoms with van der Waals surface area (Å²) in [6.45, 7) is 1.55. The van der Waals surface area contributed by atoms with Crippen LogP contribution in [-0.4, -0.2) is 36.0 Å². The minimum absolute atomic E-state index is 0.107. The fourth-order valence-electron chi connectivity index (χ4n) is 5.05. The van der Waals surface area contributed by atoms with Gasteiger partial charge in [0.1, 0.15) is 17.6 Å². The van der Waals surface area contributed by atoms with E-state index in [9.17, 15) is 27.6 Å². The number of carbonyl (C=O) groups is 3. The summed E-state index contributed by atoms with van der Waals surface area (Å²) in [5.74, 6) is -2.36. The SMILES string of the molecule is Cc1ccc(N2C(=O)C3Sc4c(sc(=O)n4CC(=O)Nc4ccc(S(N)(=O)=O)cc4)[C@H](c4ccco4)C3C2=O)cc1. The third-order valence-electron chi connectivity index (χ3n) is 6.96. The summed E-state index contributed by atoms with van der Waals surface area (Å²) in [6.07, 6.45) is 1.47. The smallest absolute Gasteiger partial charge is 0.308 e. The number of nitrogens with two attached hydrogens (primary N) is 1. The Morgan fingerprint density at radius 3 is 2.37 bits per heavy atom. The molecule has 3 N–H and O–H groups in total. The molecule has 0 bridgehead atoms. The van der Waals surface area contributed by atoms with Crippen LogP contribution in [0.2, 0.25) is 0 Å². The number of rotatable bonds is 6. The summed E-state index contributed by atoms with van der Waals surface area (Å²) in [5.41, 5.74) is 1.76. The number of anilines is 2. The largest absolute Gasteiger partial charge is 0.469 e. The quantitative estimate of drug-likeness (QED) is 0.315. The Hall–Kier alpha value is -3.98. The first-order chi connectivity index (χ1) is 19.5. The van der Waals surface area contributed by atoms with Crippen LogP contribution in [0.4, 0.5) is 11.4 Å². The molecule has 0 radical (unpaired) electrons. The number of primary sulfonamides is 1. The van der Waals surface area contributed by atoms with E-state index in [0.717, 1.165) is 28.7 Å². The van der Waals surface area contributed by atoms with Gasteiger partial charge < -0.3 is 9.73 Å². The zero-order chi connectivity index (χ0) is 29.1. The molecule has 14 heteroatoms. The number of imide groups is 1. The van der Waals surface area contributed by atoms with E-state index in [0.29, 0.717) is 27.0 Å². The highest BCUT2D eigenvalue weighted by atomic mass is 32.2. The lowest BCUT2D eigenvalue weighted by atomic mass is 9.87.